The van der Waals surface area contributed by atoms with Gasteiger partial charge in [-0.3, -0.25) is 19.2 Å². The van der Waals surface area contributed by atoms with E-state index in [1.807, 2.05) is 5.32 Å². The van der Waals surface area contributed by atoms with E-state index in [1.165, 1.54) is 13.8 Å². The van der Waals surface area contributed by atoms with E-state index >= 15 is 0 Å². The molecule has 0 aliphatic carbocycles. The van der Waals surface area contributed by atoms with Gasteiger partial charge in [-0.1, -0.05) is 0 Å². The molecule has 1 rings (SSSR count). The maximum absolute atomic E-state index is 12.7. The summed E-state index contributed by atoms with van der Waals surface area (Å²) in [6, 6.07) is -1.58. The van der Waals surface area contributed by atoms with E-state index in [2.05, 4.69) is 16.0 Å². The third-order valence-corrected chi connectivity index (χ3v) is 5.10. The molecule has 0 spiro atoms. The van der Waals surface area contributed by atoms with Crippen LogP contribution in [0, 0.1) is 0 Å². The molecule has 18 nitrogen and oxygen atoms in total. The van der Waals surface area contributed by atoms with Crippen molar-refractivity contribution in [2.24, 2.45) is 0 Å². The number of amides is 4. The van der Waals surface area contributed by atoms with Crippen LogP contribution < -0.4 is 21.3 Å². The van der Waals surface area contributed by atoms with Crippen LogP contribution in [0.2, 0.25) is 0 Å². The first kappa shape index (κ1) is 34.1. The third-order valence-electron chi connectivity index (χ3n) is 5.10. The van der Waals surface area contributed by atoms with Crippen molar-refractivity contribution in [3.63, 3.8) is 0 Å². The molecule has 39 heavy (non-hydrogen) atoms. The van der Waals surface area contributed by atoms with Crippen LogP contribution in [0.3, 0.4) is 0 Å². The van der Waals surface area contributed by atoms with Crippen LogP contribution in [0.5, 0.6) is 0 Å². The molecule has 1 saturated heterocycles. The zero-order valence-electron chi connectivity index (χ0n) is 21.5. The number of aliphatic hydroxyl groups excluding tert-OH is 5. The van der Waals surface area contributed by atoms with Gasteiger partial charge in [0.1, 0.15) is 36.6 Å². The summed E-state index contributed by atoms with van der Waals surface area (Å²) in [6.45, 7) is 1.32. The Morgan fingerprint density at radius 3 is 2.05 bits per heavy atom. The quantitative estimate of drug-likeness (QED) is 0.0823. The minimum Gasteiger partial charge on any atom is -0.478 e. The average molecular weight is 569 g/mol. The van der Waals surface area contributed by atoms with Gasteiger partial charge in [0, 0.05) is 6.92 Å². The van der Waals surface area contributed by atoms with Gasteiger partial charge < -0.3 is 66.1 Å². The van der Waals surface area contributed by atoms with Gasteiger partial charge in [0.05, 0.1) is 32.4 Å². The highest BCUT2D eigenvalue weighted by Gasteiger charge is 2.47. The van der Waals surface area contributed by atoms with E-state index in [1.54, 1.807) is 0 Å². The van der Waals surface area contributed by atoms with Crippen LogP contribution >= 0.6 is 0 Å². The van der Waals surface area contributed by atoms with Crippen LogP contribution in [0.4, 0.5) is 0 Å². The van der Waals surface area contributed by atoms with Crippen LogP contribution in [0.15, 0.2) is 0 Å². The number of carbonyl (C=O) groups excluding carboxylic acids is 4. The van der Waals surface area contributed by atoms with Gasteiger partial charge >= 0.3 is 5.97 Å². The molecule has 0 aromatic rings. The fourth-order valence-electron chi connectivity index (χ4n) is 3.17. The molecule has 18 heteroatoms. The summed E-state index contributed by atoms with van der Waals surface area (Å²) < 4.78 is 15.6. The van der Waals surface area contributed by atoms with E-state index in [4.69, 9.17) is 24.4 Å². The number of carboxylic acid groups (broad SMARTS) is 1. The van der Waals surface area contributed by atoms with Crippen molar-refractivity contribution in [1.82, 2.24) is 21.3 Å². The van der Waals surface area contributed by atoms with Crippen molar-refractivity contribution in [3.05, 3.63) is 0 Å². The Hall–Kier alpha value is -2.97. The predicted octanol–water partition coefficient (Wildman–Crippen LogP) is -6.15. The summed E-state index contributed by atoms with van der Waals surface area (Å²) >= 11 is 0. The van der Waals surface area contributed by atoms with Crippen molar-refractivity contribution in [2.75, 3.05) is 26.3 Å². The van der Waals surface area contributed by atoms with Crippen LogP contribution in [-0.4, -0.2) is 142 Å². The van der Waals surface area contributed by atoms with Crippen LogP contribution in [-0.2, 0) is 38.2 Å². The maximum Gasteiger partial charge on any atom is 0.354 e. The van der Waals surface area contributed by atoms with Gasteiger partial charge in [-0.15, -0.1) is 0 Å². The minimum atomic E-state index is -1.88. The molecule has 0 radical (unpaired) electrons. The van der Waals surface area contributed by atoms with Gasteiger partial charge in [0.15, 0.2) is 6.29 Å². The molecule has 1 heterocycles. The summed E-state index contributed by atoms with van der Waals surface area (Å²) in [4.78, 5) is 59.3. The summed E-state index contributed by atoms with van der Waals surface area (Å²) in [5.74, 6) is -4.86. The van der Waals surface area contributed by atoms with E-state index in [-0.39, 0.29) is 0 Å². The van der Waals surface area contributed by atoms with Gasteiger partial charge in [-0.2, -0.15) is 0 Å². The number of carbonyl (C=O) groups is 5. The highest BCUT2D eigenvalue weighted by Crippen LogP contribution is 2.24. The molecular formula is C21H36N4O14. The second kappa shape index (κ2) is 16.2. The zero-order chi connectivity index (χ0) is 29.9. The largest absolute Gasteiger partial charge is 0.478 e. The fraction of sp³-hybridized carbons (Fsp3) is 0.762. The molecule has 1 aliphatic rings. The Kier molecular flexibility index (Phi) is 14.2. The second-order valence-electron chi connectivity index (χ2n) is 8.74. The Balaban J connectivity index is 2.90. The zero-order valence-corrected chi connectivity index (χ0v) is 21.5. The lowest BCUT2D eigenvalue weighted by Crippen LogP contribution is -2.62. The molecule has 0 aromatic carbocycles. The summed E-state index contributed by atoms with van der Waals surface area (Å²) in [6.07, 6.45) is -12.8. The first-order valence-electron chi connectivity index (χ1n) is 11.8. The molecule has 8 atom stereocenters. The maximum atomic E-state index is 12.7. The van der Waals surface area contributed by atoms with Gasteiger partial charge in [0.25, 0.3) is 0 Å². The van der Waals surface area contributed by atoms with E-state index in [9.17, 15) is 44.4 Å². The number of carboxylic acids is 1. The fourth-order valence-corrected chi connectivity index (χ4v) is 3.17. The molecule has 10 N–H and O–H groups in total. The monoisotopic (exact) mass is 568 g/mol. The number of ether oxygens (including phenoxy) is 3. The molecule has 0 unspecified atom stereocenters. The minimum absolute atomic E-state index is 0.537. The number of aliphatic hydroxyl groups is 5. The van der Waals surface area contributed by atoms with Crippen molar-refractivity contribution in [1.29, 1.82) is 0 Å². The first-order valence-corrected chi connectivity index (χ1v) is 11.8. The lowest BCUT2D eigenvalue weighted by molar-refractivity contribution is -0.312. The summed E-state index contributed by atoms with van der Waals surface area (Å²) in [7, 11) is 0. The standard InChI is InChI=1S/C21H36N4O14/c1-8(2)38-19(20(35)36)25-13(30)5-23-18(34)10(24-12(29)4-22-9(3)27)7-37-21-16(33)14(31)15(32)17(39-21)11(28)6-26/h8,10-11,14-17,19,21,26,28,31-33H,4-7H2,1-3H3,(H,22,27)(H,23,34)(H,24,29)(H,25,30)(H,35,36)/t10-,11+,14-,15-,16-,17+,19-,21-/m0/s1. The molecule has 0 aromatic heterocycles. The Labute approximate surface area is 222 Å². The number of nitrogens with one attached hydrogen (secondary N) is 4. The lowest BCUT2D eigenvalue weighted by Gasteiger charge is -2.41. The SMILES string of the molecule is CC(=O)NCC(=O)N[C@@H](CO[C@H]1O[C@H]([C@H](O)CO)[C@@H](O)[C@H](O)[C@@H]1O)C(=O)NCC(=O)N[C@@H](OC(C)C)C(=O)O. The lowest BCUT2D eigenvalue weighted by atomic mass is 9.95. The third kappa shape index (κ3) is 11.3. The predicted molar refractivity (Wildman–Crippen MR) is 125 cm³/mol. The second-order valence-corrected chi connectivity index (χ2v) is 8.74. The number of rotatable bonds is 15. The Bertz CT molecular complexity index is 858. The number of hydrogen-bond donors (Lipinski definition) is 10. The molecule has 1 aliphatic heterocycles. The van der Waals surface area contributed by atoms with Crippen LogP contribution in [0.1, 0.15) is 20.8 Å². The summed E-state index contributed by atoms with van der Waals surface area (Å²) in [5, 5.41) is 66.9. The molecule has 4 amide bonds. The van der Waals surface area contributed by atoms with Crippen molar-refractivity contribution < 1.29 is 68.8 Å². The number of aliphatic carboxylic acids is 1. The highest BCUT2D eigenvalue weighted by molar-refractivity contribution is 5.92. The van der Waals surface area contributed by atoms with Gasteiger partial charge in [-0.05, 0) is 13.8 Å². The van der Waals surface area contributed by atoms with Gasteiger partial charge in [-0.25, -0.2) is 4.79 Å². The molecule has 0 saturated carbocycles. The van der Waals surface area contributed by atoms with Crippen molar-refractivity contribution >= 4 is 29.6 Å². The number of hydrogen-bond acceptors (Lipinski definition) is 13. The molecule has 224 valence electrons. The topological polar surface area (TPSA) is 283 Å². The van der Waals surface area contributed by atoms with Crippen molar-refractivity contribution in [3.8, 4) is 0 Å². The smallest absolute Gasteiger partial charge is 0.354 e. The molecule has 1 fully saturated rings. The highest BCUT2D eigenvalue weighted by atomic mass is 16.7. The Morgan fingerprint density at radius 1 is 0.923 bits per heavy atom. The first-order chi connectivity index (χ1) is 18.2. The summed E-state index contributed by atoms with van der Waals surface area (Å²) in [5.41, 5.74) is 0. The van der Waals surface area contributed by atoms with E-state index in [0.29, 0.717) is 0 Å². The van der Waals surface area contributed by atoms with Gasteiger partial charge in [0.2, 0.25) is 29.9 Å². The van der Waals surface area contributed by atoms with Crippen molar-refractivity contribution in [2.45, 2.75) is 76.0 Å². The Morgan fingerprint density at radius 2 is 1.51 bits per heavy atom. The average Bonchev–Trinajstić information content (AvgIpc) is 2.86. The normalized spacial score (nSPS) is 25.2. The van der Waals surface area contributed by atoms with E-state index in [0.717, 1.165) is 6.92 Å². The molecule has 0 bridgehead atoms. The van der Waals surface area contributed by atoms with E-state index < -0.39 is 111 Å². The van der Waals surface area contributed by atoms with Crippen LogP contribution in [0.25, 0.3) is 0 Å². The molecular weight excluding hydrogens is 532 g/mol.